The van der Waals surface area contributed by atoms with E-state index in [2.05, 4.69) is 4.98 Å². The fourth-order valence-electron chi connectivity index (χ4n) is 3.69. The highest BCUT2D eigenvalue weighted by Gasteiger charge is 2.61. The van der Waals surface area contributed by atoms with Crippen LogP contribution < -0.4 is 0 Å². The first-order valence-corrected chi connectivity index (χ1v) is 9.41. The molecule has 0 N–H and O–H groups in total. The SMILES string of the molecule is CC(C)(C)OC(=O)N1CCN2C(=O)N(CC(F)(F)F)C(=O)[C@]2(Cc2ccccn2)C1. The average Bonchev–Trinajstić information content (AvgIpc) is 2.81. The van der Waals surface area contributed by atoms with Gasteiger partial charge in [0.25, 0.3) is 5.91 Å². The van der Waals surface area contributed by atoms with E-state index in [9.17, 15) is 27.6 Å². The van der Waals surface area contributed by atoms with Gasteiger partial charge in [-0.15, -0.1) is 0 Å². The molecule has 1 aromatic rings. The molecule has 3 heterocycles. The maximum atomic E-state index is 13.2. The first-order chi connectivity index (χ1) is 13.8. The first kappa shape index (κ1) is 21.8. The largest absolute Gasteiger partial charge is 0.444 e. The molecule has 2 fully saturated rings. The minimum Gasteiger partial charge on any atom is -0.444 e. The average molecular weight is 428 g/mol. The number of carbonyl (C=O) groups excluding carboxylic acids is 3. The molecule has 0 radical (unpaired) electrons. The lowest BCUT2D eigenvalue weighted by Crippen LogP contribution is -2.65. The molecule has 0 saturated carbocycles. The van der Waals surface area contributed by atoms with E-state index < -0.39 is 41.9 Å². The number of amides is 4. The van der Waals surface area contributed by atoms with Gasteiger partial charge in [-0.2, -0.15) is 13.2 Å². The van der Waals surface area contributed by atoms with Crippen LogP contribution in [-0.4, -0.2) is 81.2 Å². The molecular formula is C19H23F3N4O4. The quantitative estimate of drug-likeness (QED) is 0.691. The van der Waals surface area contributed by atoms with Crippen LogP contribution >= 0.6 is 0 Å². The first-order valence-electron chi connectivity index (χ1n) is 9.41. The van der Waals surface area contributed by atoms with Crippen LogP contribution in [0.3, 0.4) is 0 Å². The third kappa shape index (κ3) is 4.34. The predicted molar refractivity (Wildman–Crippen MR) is 98.3 cm³/mol. The molecule has 164 valence electrons. The second kappa shape index (κ2) is 7.44. The fraction of sp³-hybridized carbons (Fsp3) is 0.579. The number of nitrogens with zero attached hydrogens (tertiary/aromatic N) is 4. The van der Waals surface area contributed by atoms with Crippen molar-refractivity contribution in [2.45, 2.75) is 44.5 Å². The zero-order valence-corrected chi connectivity index (χ0v) is 16.9. The number of imide groups is 1. The molecule has 2 saturated heterocycles. The van der Waals surface area contributed by atoms with Crippen molar-refractivity contribution in [2.24, 2.45) is 0 Å². The topological polar surface area (TPSA) is 83.0 Å². The van der Waals surface area contributed by atoms with Crippen molar-refractivity contribution in [1.29, 1.82) is 0 Å². The smallest absolute Gasteiger partial charge is 0.410 e. The minimum atomic E-state index is -4.74. The molecule has 4 amide bonds. The Labute approximate surface area is 171 Å². The maximum absolute atomic E-state index is 13.2. The number of aromatic nitrogens is 1. The van der Waals surface area contributed by atoms with Crippen LogP contribution in [0.1, 0.15) is 26.5 Å². The zero-order valence-electron chi connectivity index (χ0n) is 16.9. The number of fused-ring (bicyclic) bond motifs is 1. The van der Waals surface area contributed by atoms with Gasteiger partial charge < -0.3 is 14.5 Å². The van der Waals surface area contributed by atoms with Gasteiger partial charge in [0.05, 0.1) is 6.54 Å². The Morgan fingerprint density at radius 1 is 1.20 bits per heavy atom. The van der Waals surface area contributed by atoms with E-state index in [1.54, 1.807) is 39.0 Å². The third-order valence-corrected chi connectivity index (χ3v) is 4.86. The van der Waals surface area contributed by atoms with Crippen molar-refractivity contribution in [2.75, 3.05) is 26.2 Å². The molecule has 30 heavy (non-hydrogen) atoms. The molecule has 0 aliphatic carbocycles. The van der Waals surface area contributed by atoms with Gasteiger partial charge in [0.2, 0.25) is 0 Å². The monoisotopic (exact) mass is 428 g/mol. The van der Waals surface area contributed by atoms with Gasteiger partial charge in [0, 0.05) is 31.4 Å². The third-order valence-electron chi connectivity index (χ3n) is 4.86. The molecule has 0 aromatic carbocycles. The summed E-state index contributed by atoms with van der Waals surface area (Å²) in [5.41, 5.74) is -2.05. The number of ether oxygens (including phenoxy) is 1. The summed E-state index contributed by atoms with van der Waals surface area (Å²) in [6, 6.07) is 3.93. The molecular weight excluding hydrogens is 405 g/mol. The normalized spacial score (nSPS) is 22.4. The number of hydrogen-bond donors (Lipinski definition) is 0. The molecule has 3 rings (SSSR count). The van der Waals surface area contributed by atoms with E-state index >= 15 is 0 Å². The van der Waals surface area contributed by atoms with Crippen molar-refractivity contribution in [1.82, 2.24) is 19.7 Å². The highest BCUT2D eigenvalue weighted by Crippen LogP contribution is 2.36. The number of carbonyl (C=O) groups is 3. The van der Waals surface area contributed by atoms with Crippen molar-refractivity contribution in [3.05, 3.63) is 30.1 Å². The van der Waals surface area contributed by atoms with Crippen LogP contribution in [0.5, 0.6) is 0 Å². The maximum Gasteiger partial charge on any atom is 0.410 e. The summed E-state index contributed by atoms with van der Waals surface area (Å²) in [6.07, 6.45) is -4.07. The summed E-state index contributed by atoms with van der Waals surface area (Å²) in [5, 5.41) is 0. The number of rotatable bonds is 3. The lowest BCUT2D eigenvalue weighted by Gasteiger charge is -2.44. The summed E-state index contributed by atoms with van der Waals surface area (Å²) in [4.78, 5) is 45.2. The number of pyridine rings is 1. The van der Waals surface area contributed by atoms with E-state index in [1.807, 2.05) is 0 Å². The number of piperazine rings is 1. The lowest BCUT2D eigenvalue weighted by molar-refractivity contribution is -0.156. The second-order valence-corrected chi connectivity index (χ2v) is 8.37. The van der Waals surface area contributed by atoms with Crippen LogP contribution in [0.15, 0.2) is 24.4 Å². The van der Waals surface area contributed by atoms with Crippen LogP contribution in [-0.2, 0) is 16.0 Å². The molecule has 11 heteroatoms. The van der Waals surface area contributed by atoms with E-state index in [1.165, 1.54) is 11.1 Å². The Kier molecular flexibility index (Phi) is 5.42. The number of urea groups is 1. The van der Waals surface area contributed by atoms with Crippen molar-refractivity contribution >= 4 is 18.0 Å². The predicted octanol–water partition coefficient (Wildman–Crippen LogP) is 2.44. The highest BCUT2D eigenvalue weighted by molar-refractivity contribution is 6.07. The Balaban J connectivity index is 1.96. The van der Waals surface area contributed by atoms with Crippen LogP contribution in [0.2, 0.25) is 0 Å². The van der Waals surface area contributed by atoms with Gasteiger partial charge in [-0.1, -0.05) is 6.07 Å². The summed E-state index contributed by atoms with van der Waals surface area (Å²) in [5.74, 6) is -0.997. The van der Waals surface area contributed by atoms with Gasteiger partial charge in [-0.3, -0.25) is 14.7 Å². The van der Waals surface area contributed by atoms with Gasteiger partial charge in [-0.05, 0) is 32.9 Å². The molecule has 2 aliphatic heterocycles. The summed E-state index contributed by atoms with van der Waals surface area (Å²) in [7, 11) is 0. The Hall–Kier alpha value is -2.85. The van der Waals surface area contributed by atoms with Gasteiger partial charge in [0.1, 0.15) is 17.7 Å². The molecule has 0 bridgehead atoms. The Morgan fingerprint density at radius 3 is 2.47 bits per heavy atom. The van der Waals surface area contributed by atoms with Crippen molar-refractivity contribution in [3.63, 3.8) is 0 Å². The lowest BCUT2D eigenvalue weighted by atomic mass is 9.88. The number of alkyl halides is 3. The Morgan fingerprint density at radius 2 is 1.90 bits per heavy atom. The molecule has 1 atom stereocenters. The van der Waals surface area contributed by atoms with Gasteiger partial charge in [-0.25, -0.2) is 9.59 Å². The van der Waals surface area contributed by atoms with Crippen LogP contribution in [0.25, 0.3) is 0 Å². The number of halogens is 3. The fourth-order valence-corrected chi connectivity index (χ4v) is 3.69. The standard InChI is InChI=1S/C19H23F3N4O4/c1-17(2,3)30-16(29)24-8-9-26-15(28)25(12-19(20,21)22)14(27)18(26,11-24)10-13-6-4-5-7-23-13/h4-7H,8-12H2,1-3H3/t18-/m0/s1. The van der Waals surface area contributed by atoms with Gasteiger partial charge >= 0.3 is 18.3 Å². The molecule has 0 spiro atoms. The molecule has 0 unspecified atom stereocenters. The van der Waals surface area contributed by atoms with Crippen molar-refractivity contribution in [3.8, 4) is 0 Å². The van der Waals surface area contributed by atoms with Crippen LogP contribution in [0.4, 0.5) is 22.8 Å². The molecule has 2 aliphatic rings. The van der Waals surface area contributed by atoms with Crippen LogP contribution in [0, 0.1) is 0 Å². The molecule has 8 nitrogen and oxygen atoms in total. The van der Waals surface area contributed by atoms with E-state index in [0.29, 0.717) is 5.69 Å². The van der Waals surface area contributed by atoms with E-state index in [-0.39, 0.29) is 31.0 Å². The summed E-state index contributed by atoms with van der Waals surface area (Å²) < 4.78 is 44.4. The zero-order chi connectivity index (χ0) is 22.3. The summed E-state index contributed by atoms with van der Waals surface area (Å²) >= 11 is 0. The second-order valence-electron chi connectivity index (χ2n) is 8.37. The highest BCUT2D eigenvalue weighted by atomic mass is 19.4. The minimum absolute atomic E-state index is 0.0394. The summed E-state index contributed by atoms with van der Waals surface area (Å²) in [6.45, 7) is 3.03. The van der Waals surface area contributed by atoms with Crippen molar-refractivity contribution < 1.29 is 32.3 Å². The number of hydrogen-bond acceptors (Lipinski definition) is 5. The Bertz CT molecular complexity index is 840. The van der Waals surface area contributed by atoms with E-state index in [4.69, 9.17) is 4.74 Å². The van der Waals surface area contributed by atoms with E-state index in [0.717, 1.165) is 4.90 Å². The van der Waals surface area contributed by atoms with Gasteiger partial charge in [0.15, 0.2) is 0 Å². The molecule has 1 aromatic heterocycles.